The predicted molar refractivity (Wildman–Crippen MR) is 93.2 cm³/mol. The minimum atomic E-state index is -3.71. The minimum absolute atomic E-state index is 0.104. The Morgan fingerprint density at radius 3 is 2.24 bits per heavy atom. The topological polar surface area (TPSA) is 96.6 Å². The van der Waals surface area contributed by atoms with E-state index in [1.165, 1.54) is 6.92 Å². The van der Waals surface area contributed by atoms with Gasteiger partial charge >= 0.3 is 0 Å². The average Bonchev–Trinajstić information content (AvgIpc) is 2.91. The molecule has 1 aromatic heterocycles. The first-order valence-corrected chi connectivity index (χ1v) is 9.86. The molecule has 134 valence electrons. The molecule has 1 aromatic carbocycles. The van der Waals surface area contributed by atoms with Gasteiger partial charge in [0.2, 0.25) is 5.88 Å². The van der Waals surface area contributed by atoms with Crippen molar-refractivity contribution in [2.24, 2.45) is 0 Å². The SMILES string of the molecule is CC(=O)c1ccc(-n2c(O)cc(S(=O)(=O)C3CCCCC3)c2O)cc1. The van der Waals surface area contributed by atoms with E-state index in [9.17, 15) is 23.4 Å². The number of benzene rings is 1. The lowest BCUT2D eigenvalue weighted by Gasteiger charge is -2.21. The molecule has 0 bridgehead atoms. The third-order valence-electron chi connectivity index (χ3n) is 4.75. The second kappa shape index (κ2) is 6.55. The summed E-state index contributed by atoms with van der Waals surface area (Å²) in [6.07, 6.45) is 3.86. The molecule has 0 atom stereocenters. The van der Waals surface area contributed by atoms with Crippen molar-refractivity contribution in [2.45, 2.75) is 49.2 Å². The zero-order valence-electron chi connectivity index (χ0n) is 14.0. The normalized spacial score (nSPS) is 16.0. The molecule has 1 fully saturated rings. The largest absolute Gasteiger partial charge is 0.494 e. The molecule has 1 aliphatic carbocycles. The van der Waals surface area contributed by atoms with Crippen LogP contribution in [0.5, 0.6) is 11.8 Å². The molecular weight excluding hydrogens is 342 g/mol. The maximum absolute atomic E-state index is 12.8. The second-order valence-corrected chi connectivity index (χ2v) is 8.63. The van der Waals surface area contributed by atoms with E-state index in [0.29, 0.717) is 24.1 Å². The molecule has 2 N–H and O–H groups in total. The van der Waals surface area contributed by atoms with Gasteiger partial charge in [0, 0.05) is 11.6 Å². The number of Topliss-reactive ketones (excluding diaryl/α,β-unsaturated/α-hetero) is 1. The summed E-state index contributed by atoms with van der Waals surface area (Å²) in [5.74, 6) is -0.964. The van der Waals surface area contributed by atoms with Crippen molar-refractivity contribution in [3.05, 3.63) is 35.9 Å². The Morgan fingerprint density at radius 1 is 1.08 bits per heavy atom. The summed E-state index contributed by atoms with van der Waals surface area (Å²) in [6, 6.07) is 7.32. The number of hydrogen-bond donors (Lipinski definition) is 2. The van der Waals surface area contributed by atoms with Gasteiger partial charge < -0.3 is 10.2 Å². The van der Waals surface area contributed by atoms with Crippen LogP contribution in [0, 0.1) is 0 Å². The minimum Gasteiger partial charge on any atom is -0.494 e. The summed E-state index contributed by atoms with van der Waals surface area (Å²) in [4.78, 5) is 11.1. The fraction of sp³-hybridized carbons (Fsp3) is 0.389. The predicted octanol–water partition coefficient (Wildman–Crippen LogP) is 3.20. The van der Waals surface area contributed by atoms with Crippen LogP contribution in [0.1, 0.15) is 49.4 Å². The van der Waals surface area contributed by atoms with Gasteiger partial charge in [0.05, 0.1) is 10.9 Å². The van der Waals surface area contributed by atoms with Crippen LogP contribution in [0.3, 0.4) is 0 Å². The van der Waals surface area contributed by atoms with E-state index in [4.69, 9.17) is 0 Å². The first-order valence-electron chi connectivity index (χ1n) is 8.31. The van der Waals surface area contributed by atoms with E-state index < -0.39 is 21.0 Å². The zero-order valence-corrected chi connectivity index (χ0v) is 14.8. The number of nitrogens with zero attached hydrogens (tertiary/aromatic N) is 1. The summed E-state index contributed by atoms with van der Waals surface area (Å²) in [5.41, 5.74) is 0.870. The smallest absolute Gasteiger partial charge is 0.217 e. The number of hydrogen-bond acceptors (Lipinski definition) is 5. The van der Waals surface area contributed by atoms with Gasteiger partial charge in [0.25, 0.3) is 0 Å². The standard InChI is InChI=1S/C18H21NO5S/c1-12(20)13-7-9-14(10-8-13)19-17(21)11-16(18(19)22)25(23,24)15-5-3-2-4-6-15/h7-11,15,21-22H,2-6H2,1H3. The van der Waals surface area contributed by atoms with E-state index in [1.54, 1.807) is 24.3 Å². The van der Waals surface area contributed by atoms with E-state index in [0.717, 1.165) is 29.9 Å². The van der Waals surface area contributed by atoms with Crippen LogP contribution >= 0.6 is 0 Å². The van der Waals surface area contributed by atoms with Crippen molar-refractivity contribution in [1.29, 1.82) is 0 Å². The molecule has 7 heteroatoms. The van der Waals surface area contributed by atoms with E-state index in [-0.39, 0.29) is 16.6 Å². The molecule has 3 rings (SSSR count). The summed E-state index contributed by atoms with van der Waals surface area (Å²) in [6.45, 7) is 1.44. The van der Waals surface area contributed by atoms with Crippen molar-refractivity contribution >= 4 is 15.6 Å². The number of aromatic nitrogens is 1. The number of carbonyl (C=O) groups is 1. The first-order chi connectivity index (χ1) is 11.8. The Hall–Kier alpha value is -2.28. The van der Waals surface area contributed by atoms with E-state index in [2.05, 4.69) is 0 Å². The van der Waals surface area contributed by atoms with Gasteiger partial charge in [-0.25, -0.2) is 8.42 Å². The first kappa shape index (κ1) is 17.5. The highest BCUT2D eigenvalue weighted by atomic mass is 32.2. The van der Waals surface area contributed by atoms with Gasteiger partial charge in [0.1, 0.15) is 4.90 Å². The Labute approximate surface area is 146 Å². The molecular formula is C18H21NO5S. The Bertz CT molecular complexity index is 890. The Kier molecular flexibility index (Phi) is 4.60. The highest BCUT2D eigenvalue weighted by Crippen LogP contribution is 2.38. The number of rotatable bonds is 4. The summed E-state index contributed by atoms with van der Waals surface area (Å²) < 4.78 is 26.7. The van der Waals surface area contributed by atoms with Gasteiger partial charge in [-0.1, -0.05) is 19.3 Å². The van der Waals surface area contributed by atoms with Crippen LogP contribution in [0.2, 0.25) is 0 Å². The van der Waals surface area contributed by atoms with E-state index in [1.807, 2.05) is 0 Å². The van der Waals surface area contributed by atoms with Crippen molar-refractivity contribution in [1.82, 2.24) is 4.57 Å². The van der Waals surface area contributed by atoms with Gasteiger partial charge in [-0.15, -0.1) is 0 Å². The lowest BCUT2D eigenvalue weighted by Crippen LogP contribution is -2.23. The maximum Gasteiger partial charge on any atom is 0.217 e. The Balaban J connectivity index is 2.02. The van der Waals surface area contributed by atoms with Crippen molar-refractivity contribution in [3.63, 3.8) is 0 Å². The van der Waals surface area contributed by atoms with Gasteiger partial charge in [-0.2, -0.15) is 0 Å². The molecule has 0 unspecified atom stereocenters. The quantitative estimate of drug-likeness (QED) is 0.813. The van der Waals surface area contributed by atoms with Crippen molar-refractivity contribution in [2.75, 3.05) is 0 Å². The number of sulfone groups is 1. The fourth-order valence-corrected chi connectivity index (χ4v) is 5.26. The molecule has 25 heavy (non-hydrogen) atoms. The highest BCUT2D eigenvalue weighted by molar-refractivity contribution is 7.92. The third-order valence-corrected chi connectivity index (χ3v) is 7.01. The molecule has 0 spiro atoms. The van der Waals surface area contributed by atoms with Gasteiger partial charge in [-0.3, -0.25) is 9.36 Å². The lowest BCUT2D eigenvalue weighted by atomic mass is 10.0. The zero-order chi connectivity index (χ0) is 18.2. The van der Waals surface area contributed by atoms with Gasteiger partial charge in [0.15, 0.2) is 21.5 Å². The molecule has 0 radical (unpaired) electrons. The molecule has 2 aromatic rings. The van der Waals surface area contributed by atoms with Crippen molar-refractivity contribution < 1.29 is 23.4 Å². The summed E-state index contributed by atoms with van der Waals surface area (Å²) in [5, 5.41) is 20.1. The monoisotopic (exact) mass is 363 g/mol. The van der Waals surface area contributed by atoms with Crippen LogP contribution in [0.4, 0.5) is 0 Å². The van der Waals surface area contributed by atoms with Crippen LogP contribution < -0.4 is 0 Å². The van der Waals surface area contributed by atoms with E-state index >= 15 is 0 Å². The van der Waals surface area contributed by atoms with Crippen LogP contribution in [-0.4, -0.2) is 34.2 Å². The molecule has 0 amide bonds. The van der Waals surface area contributed by atoms with Crippen molar-refractivity contribution in [3.8, 4) is 17.4 Å². The highest BCUT2D eigenvalue weighted by Gasteiger charge is 2.34. The molecule has 1 aliphatic rings. The van der Waals surface area contributed by atoms with Gasteiger partial charge in [-0.05, 0) is 44.0 Å². The maximum atomic E-state index is 12.8. The Morgan fingerprint density at radius 2 is 1.68 bits per heavy atom. The van der Waals surface area contributed by atoms with Crippen LogP contribution in [0.15, 0.2) is 35.2 Å². The third kappa shape index (κ3) is 3.16. The molecule has 1 saturated carbocycles. The summed E-state index contributed by atoms with van der Waals surface area (Å²) in [7, 11) is -3.71. The number of ketones is 1. The molecule has 1 heterocycles. The fourth-order valence-electron chi connectivity index (χ4n) is 3.33. The molecule has 6 nitrogen and oxygen atoms in total. The lowest BCUT2D eigenvalue weighted by molar-refractivity contribution is 0.101. The number of aromatic hydroxyl groups is 2. The average molecular weight is 363 g/mol. The van der Waals surface area contributed by atoms with Crippen LogP contribution in [0.25, 0.3) is 5.69 Å². The van der Waals surface area contributed by atoms with Crippen LogP contribution in [-0.2, 0) is 9.84 Å². The second-order valence-electron chi connectivity index (χ2n) is 6.43. The summed E-state index contributed by atoms with van der Waals surface area (Å²) >= 11 is 0. The number of carbonyl (C=O) groups excluding carboxylic acids is 1. The molecule has 0 aliphatic heterocycles. The molecule has 0 saturated heterocycles.